The molecular weight excluding hydrogens is 290 g/mol. The van der Waals surface area contributed by atoms with Gasteiger partial charge in [0, 0.05) is 11.3 Å². The van der Waals surface area contributed by atoms with E-state index in [9.17, 15) is 4.79 Å². The van der Waals surface area contributed by atoms with Gasteiger partial charge in [-0.15, -0.1) is 0 Å². The summed E-state index contributed by atoms with van der Waals surface area (Å²) in [6.45, 7) is 4.66. The van der Waals surface area contributed by atoms with E-state index in [4.69, 9.17) is 4.74 Å². The van der Waals surface area contributed by atoms with E-state index in [0.717, 1.165) is 22.6 Å². The van der Waals surface area contributed by atoms with Crippen LogP contribution < -0.4 is 15.5 Å². The van der Waals surface area contributed by atoms with Crippen molar-refractivity contribution in [1.82, 2.24) is 5.43 Å². The second-order valence-corrected chi connectivity index (χ2v) is 4.93. The van der Waals surface area contributed by atoms with Gasteiger partial charge in [-0.2, -0.15) is 5.10 Å². The molecule has 0 unspecified atom stereocenters. The average Bonchev–Trinajstić information content (AvgIpc) is 2.56. The highest BCUT2D eigenvalue weighted by atomic mass is 16.5. The summed E-state index contributed by atoms with van der Waals surface area (Å²) in [5.41, 5.74) is 5.35. The van der Waals surface area contributed by atoms with Crippen LogP contribution in [0.4, 0.5) is 5.69 Å². The summed E-state index contributed by atoms with van der Waals surface area (Å²) >= 11 is 0. The molecule has 0 atom stereocenters. The number of para-hydroxylation sites is 2. The van der Waals surface area contributed by atoms with E-state index in [2.05, 4.69) is 15.8 Å². The van der Waals surface area contributed by atoms with Crippen LogP contribution in [0.2, 0.25) is 0 Å². The zero-order valence-electron chi connectivity index (χ0n) is 13.4. The third-order valence-electron chi connectivity index (χ3n) is 3.20. The Morgan fingerprint density at radius 2 is 1.91 bits per heavy atom. The predicted molar refractivity (Wildman–Crippen MR) is 93.0 cm³/mol. The number of amides is 1. The number of benzene rings is 2. The van der Waals surface area contributed by atoms with E-state index in [0.29, 0.717) is 6.61 Å². The van der Waals surface area contributed by atoms with Crippen LogP contribution in [0.1, 0.15) is 18.1 Å². The van der Waals surface area contributed by atoms with Crippen molar-refractivity contribution in [3.8, 4) is 5.75 Å². The quantitative estimate of drug-likeness (QED) is 0.610. The van der Waals surface area contributed by atoms with Crippen molar-refractivity contribution in [3.05, 3.63) is 59.7 Å². The smallest absolute Gasteiger partial charge is 0.259 e. The molecule has 5 heteroatoms. The summed E-state index contributed by atoms with van der Waals surface area (Å²) in [5.74, 6) is 0.532. The molecule has 0 aliphatic carbocycles. The molecule has 0 aromatic heterocycles. The van der Waals surface area contributed by atoms with Crippen molar-refractivity contribution >= 4 is 17.8 Å². The van der Waals surface area contributed by atoms with E-state index in [-0.39, 0.29) is 12.5 Å². The van der Waals surface area contributed by atoms with Gasteiger partial charge in [-0.05, 0) is 37.6 Å². The van der Waals surface area contributed by atoms with Crippen LogP contribution in [0.15, 0.2) is 53.6 Å². The Morgan fingerprint density at radius 3 is 2.70 bits per heavy atom. The average molecular weight is 311 g/mol. The fourth-order valence-electron chi connectivity index (χ4n) is 2.03. The number of hydrogen-bond acceptors (Lipinski definition) is 4. The van der Waals surface area contributed by atoms with Gasteiger partial charge in [-0.25, -0.2) is 5.43 Å². The Balaban J connectivity index is 1.86. The molecule has 2 aromatic rings. The van der Waals surface area contributed by atoms with Crippen molar-refractivity contribution < 1.29 is 9.53 Å². The number of carbonyl (C=O) groups is 1. The third kappa shape index (κ3) is 5.14. The Labute approximate surface area is 136 Å². The molecule has 0 heterocycles. The number of nitrogens with one attached hydrogen (secondary N) is 2. The van der Waals surface area contributed by atoms with Crippen molar-refractivity contribution in [2.75, 3.05) is 18.5 Å². The lowest BCUT2D eigenvalue weighted by atomic mass is 10.2. The van der Waals surface area contributed by atoms with E-state index >= 15 is 0 Å². The van der Waals surface area contributed by atoms with Gasteiger partial charge in [0.1, 0.15) is 5.75 Å². The lowest BCUT2D eigenvalue weighted by Gasteiger charge is -2.08. The molecule has 0 aliphatic heterocycles. The van der Waals surface area contributed by atoms with E-state index in [1.165, 1.54) is 0 Å². The number of hydrogen-bond donors (Lipinski definition) is 2. The zero-order chi connectivity index (χ0) is 16.5. The predicted octanol–water partition coefficient (Wildman–Crippen LogP) is 2.96. The van der Waals surface area contributed by atoms with Gasteiger partial charge in [-0.1, -0.05) is 30.3 Å². The SMILES string of the molecule is CCOc1ccccc1/C=N/NC(=O)CNc1ccccc1C. The normalized spacial score (nSPS) is 10.5. The van der Waals surface area contributed by atoms with E-state index in [1.54, 1.807) is 6.21 Å². The van der Waals surface area contributed by atoms with Crippen LogP contribution in [-0.4, -0.2) is 25.3 Å². The van der Waals surface area contributed by atoms with Gasteiger partial charge >= 0.3 is 0 Å². The molecule has 23 heavy (non-hydrogen) atoms. The zero-order valence-corrected chi connectivity index (χ0v) is 13.4. The summed E-state index contributed by atoms with van der Waals surface area (Å²) < 4.78 is 5.50. The van der Waals surface area contributed by atoms with Gasteiger partial charge in [-0.3, -0.25) is 4.79 Å². The van der Waals surface area contributed by atoms with Gasteiger partial charge in [0.05, 0.1) is 19.4 Å². The number of nitrogens with zero attached hydrogens (tertiary/aromatic N) is 1. The van der Waals surface area contributed by atoms with Gasteiger partial charge in [0.2, 0.25) is 0 Å². The van der Waals surface area contributed by atoms with Gasteiger partial charge in [0.25, 0.3) is 5.91 Å². The summed E-state index contributed by atoms with van der Waals surface area (Å²) in [7, 11) is 0. The van der Waals surface area contributed by atoms with Crippen molar-refractivity contribution in [2.24, 2.45) is 5.10 Å². The molecule has 0 fully saturated rings. The molecule has 5 nitrogen and oxygen atoms in total. The van der Waals surface area contributed by atoms with Crippen LogP contribution in [0, 0.1) is 6.92 Å². The van der Waals surface area contributed by atoms with E-state index in [1.807, 2.05) is 62.4 Å². The van der Waals surface area contributed by atoms with Crippen LogP contribution >= 0.6 is 0 Å². The first-order chi connectivity index (χ1) is 11.2. The van der Waals surface area contributed by atoms with Gasteiger partial charge in [0.15, 0.2) is 0 Å². The Hall–Kier alpha value is -2.82. The highest BCUT2D eigenvalue weighted by Crippen LogP contribution is 2.15. The fraction of sp³-hybridized carbons (Fsp3) is 0.222. The molecule has 0 spiro atoms. The first kappa shape index (κ1) is 16.5. The lowest BCUT2D eigenvalue weighted by Crippen LogP contribution is -2.26. The molecule has 0 saturated carbocycles. The maximum absolute atomic E-state index is 11.8. The minimum Gasteiger partial charge on any atom is -0.493 e. The van der Waals surface area contributed by atoms with Crippen LogP contribution in [-0.2, 0) is 4.79 Å². The number of rotatable bonds is 7. The van der Waals surface area contributed by atoms with Crippen LogP contribution in [0.25, 0.3) is 0 Å². The standard InChI is InChI=1S/C18H21N3O2/c1-3-23-17-11-7-5-9-15(17)12-20-21-18(22)13-19-16-10-6-4-8-14(16)2/h4-12,19H,3,13H2,1-2H3,(H,21,22)/b20-12+. The van der Waals surface area contributed by atoms with Crippen molar-refractivity contribution in [2.45, 2.75) is 13.8 Å². The largest absolute Gasteiger partial charge is 0.493 e. The fourth-order valence-corrected chi connectivity index (χ4v) is 2.03. The Bertz CT molecular complexity index is 683. The molecule has 2 aromatic carbocycles. The maximum Gasteiger partial charge on any atom is 0.259 e. The third-order valence-corrected chi connectivity index (χ3v) is 3.20. The Kier molecular flexibility index (Phi) is 6.17. The number of carbonyl (C=O) groups excluding carboxylic acids is 1. The first-order valence-corrected chi connectivity index (χ1v) is 7.54. The molecular formula is C18H21N3O2. The molecule has 2 rings (SSSR count). The highest BCUT2D eigenvalue weighted by molar-refractivity contribution is 5.86. The van der Waals surface area contributed by atoms with Gasteiger partial charge < -0.3 is 10.1 Å². The first-order valence-electron chi connectivity index (χ1n) is 7.54. The minimum atomic E-state index is -0.210. The molecule has 0 radical (unpaired) electrons. The number of hydrazone groups is 1. The molecule has 0 saturated heterocycles. The molecule has 1 amide bonds. The molecule has 2 N–H and O–H groups in total. The topological polar surface area (TPSA) is 62.7 Å². The monoisotopic (exact) mass is 311 g/mol. The number of anilines is 1. The number of ether oxygens (including phenoxy) is 1. The van der Waals surface area contributed by atoms with E-state index < -0.39 is 0 Å². The molecule has 120 valence electrons. The van der Waals surface area contributed by atoms with Crippen molar-refractivity contribution in [1.29, 1.82) is 0 Å². The van der Waals surface area contributed by atoms with Crippen LogP contribution in [0.3, 0.4) is 0 Å². The molecule has 0 bridgehead atoms. The summed E-state index contributed by atoms with van der Waals surface area (Å²) in [6, 6.07) is 15.3. The minimum absolute atomic E-state index is 0.162. The molecule has 0 aliphatic rings. The Morgan fingerprint density at radius 1 is 1.17 bits per heavy atom. The highest BCUT2D eigenvalue weighted by Gasteiger charge is 2.02. The number of aryl methyl sites for hydroxylation is 1. The summed E-state index contributed by atoms with van der Waals surface area (Å²) in [6.07, 6.45) is 1.58. The van der Waals surface area contributed by atoms with Crippen molar-refractivity contribution in [3.63, 3.8) is 0 Å². The maximum atomic E-state index is 11.8. The second-order valence-electron chi connectivity index (χ2n) is 4.93. The second kappa shape index (κ2) is 8.58. The lowest BCUT2D eigenvalue weighted by molar-refractivity contribution is -0.119. The van der Waals surface area contributed by atoms with Crippen LogP contribution in [0.5, 0.6) is 5.75 Å². The summed E-state index contributed by atoms with van der Waals surface area (Å²) in [5, 5.41) is 7.06. The summed E-state index contributed by atoms with van der Waals surface area (Å²) in [4.78, 5) is 11.8.